The van der Waals surface area contributed by atoms with Gasteiger partial charge in [-0.2, -0.15) is 0 Å². The van der Waals surface area contributed by atoms with Crippen molar-refractivity contribution in [2.75, 3.05) is 43.3 Å². The van der Waals surface area contributed by atoms with Crippen LogP contribution in [0.25, 0.3) is 10.4 Å². The molecule has 4 amide bonds. The van der Waals surface area contributed by atoms with E-state index in [-0.39, 0.29) is 40.3 Å². The van der Waals surface area contributed by atoms with E-state index in [9.17, 15) is 23.2 Å². The van der Waals surface area contributed by atoms with E-state index in [0.717, 1.165) is 28.4 Å². The lowest BCUT2D eigenvalue weighted by molar-refractivity contribution is 0.102. The van der Waals surface area contributed by atoms with Crippen molar-refractivity contribution < 1.29 is 32.7 Å². The molecular weight excluding hydrogens is 644 g/mol. The summed E-state index contributed by atoms with van der Waals surface area (Å²) >= 11 is 6.92. The Morgan fingerprint density at radius 1 is 0.935 bits per heavy atom. The van der Waals surface area contributed by atoms with E-state index in [1.165, 1.54) is 25.3 Å². The van der Waals surface area contributed by atoms with E-state index in [1.807, 2.05) is 4.90 Å². The summed E-state index contributed by atoms with van der Waals surface area (Å²) < 4.78 is 35.1. The number of hydroxylamine groups is 1. The Morgan fingerprint density at radius 3 is 2.22 bits per heavy atom. The number of carbonyl (C=O) groups is 3. The first-order valence-corrected chi connectivity index (χ1v) is 14.9. The first-order chi connectivity index (χ1) is 22.0. The number of hydrogen-bond acceptors (Lipinski definition) is 9. The van der Waals surface area contributed by atoms with Gasteiger partial charge in [0.05, 0.1) is 25.8 Å². The number of rotatable bonds is 11. The molecule has 46 heavy (non-hydrogen) atoms. The Labute approximate surface area is 272 Å². The van der Waals surface area contributed by atoms with Gasteiger partial charge in [-0.1, -0.05) is 29.8 Å². The summed E-state index contributed by atoms with van der Waals surface area (Å²) in [6.07, 6.45) is -0.918. The minimum atomic E-state index is -0.918. The fourth-order valence-corrected chi connectivity index (χ4v) is 5.76. The number of carbonyl (C=O) groups excluding carboxylic acids is 3. The van der Waals surface area contributed by atoms with Gasteiger partial charge in [-0.15, -0.1) is 21.5 Å². The Bertz CT molecular complexity index is 1680. The van der Waals surface area contributed by atoms with E-state index in [1.54, 1.807) is 45.3 Å². The number of amides is 4. The predicted octanol–water partition coefficient (Wildman–Crippen LogP) is 6.30. The monoisotopic (exact) mass is 673 g/mol. The molecule has 4 rings (SSSR count). The predicted molar refractivity (Wildman–Crippen MR) is 171 cm³/mol. The molecule has 0 bridgehead atoms. The van der Waals surface area contributed by atoms with Crippen LogP contribution >= 0.6 is 22.9 Å². The standard InChI is InChI=1S/C30H30ClF2N7O5S/c1-5-45-30(43)40(16-19-21(32)7-6-8-22(19)33)28-25(27(41)35-24-14-13-23(31)36-37-24)20(15-39(2)3)26(46-28)17-9-11-18(12-10-17)34-29(42)38-44-4/h6-14H,5,15-16H2,1-4H3,(H2,34,38,42)(H,35,37,41). The highest BCUT2D eigenvalue weighted by atomic mass is 35.5. The van der Waals surface area contributed by atoms with Gasteiger partial charge in [0.25, 0.3) is 5.91 Å². The highest BCUT2D eigenvalue weighted by Crippen LogP contribution is 2.44. The molecule has 0 atom stereocenters. The quantitative estimate of drug-likeness (QED) is 0.158. The number of benzene rings is 2. The van der Waals surface area contributed by atoms with Crippen molar-refractivity contribution in [3.05, 3.63) is 88.1 Å². The summed E-state index contributed by atoms with van der Waals surface area (Å²) in [6, 6.07) is 12.4. The van der Waals surface area contributed by atoms with Crippen LogP contribution in [-0.4, -0.2) is 60.9 Å². The van der Waals surface area contributed by atoms with Crippen LogP contribution in [-0.2, 0) is 22.7 Å². The Balaban J connectivity index is 1.91. The zero-order valence-electron chi connectivity index (χ0n) is 25.2. The van der Waals surface area contributed by atoms with Crippen LogP contribution in [0.1, 0.15) is 28.4 Å². The second-order valence-electron chi connectivity index (χ2n) is 9.85. The molecule has 0 spiro atoms. The average molecular weight is 674 g/mol. The van der Waals surface area contributed by atoms with Crippen LogP contribution in [0.5, 0.6) is 0 Å². The normalized spacial score (nSPS) is 10.9. The summed E-state index contributed by atoms with van der Waals surface area (Å²) in [4.78, 5) is 47.5. The zero-order chi connectivity index (χ0) is 33.4. The molecule has 0 saturated carbocycles. The van der Waals surface area contributed by atoms with Crippen molar-refractivity contribution in [1.29, 1.82) is 0 Å². The number of aromatic nitrogens is 2. The van der Waals surface area contributed by atoms with E-state index >= 15 is 0 Å². The van der Waals surface area contributed by atoms with Gasteiger partial charge in [0, 0.05) is 22.7 Å². The number of urea groups is 1. The molecule has 3 N–H and O–H groups in total. The maximum absolute atomic E-state index is 14.9. The van der Waals surface area contributed by atoms with Gasteiger partial charge in [-0.3, -0.25) is 14.5 Å². The second kappa shape index (κ2) is 15.5. The number of anilines is 3. The van der Waals surface area contributed by atoms with Crippen LogP contribution in [0.4, 0.5) is 34.9 Å². The topological polar surface area (TPSA) is 138 Å². The second-order valence-corrected chi connectivity index (χ2v) is 11.2. The van der Waals surface area contributed by atoms with Crippen LogP contribution < -0.4 is 21.0 Å². The lowest BCUT2D eigenvalue weighted by atomic mass is 10.0. The Kier molecular flexibility index (Phi) is 11.5. The first-order valence-electron chi connectivity index (χ1n) is 13.7. The summed E-state index contributed by atoms with van der Waals surface area (Å²) in [5.74, 6) is -2.33. The molecule has 16 heteroatoms. The lowest BCUT2D eigenvalue weighted by Gasteiger charge is -2.23. The maximum Gasteiger partial charge on any atom is 0.415 e. The molecule has 242 valence electrons. The Hall–Kier alpha value is -4.70. The van der Waals surface area contributed by atoms with E-state index < -0.39 is 36.2 Å². The number of thiophene rings is 1. The largest absolute Gasteiger partial charge is 0.449 e. The molecule has 0 aliphatic heterocycles. The highest BCUT2D eigenvalue weighted by Gasteiger charge is 2.33. The third-order valence-electron chi connectivity index (χ3n) is 6.27. The van der Waals surface area contributed by atoms with Crippen molar-refractivity contribution in [2.45, 2.75) is 20.0 Å². The maximum atomic E-state index is 14.9. The van der Waals surface area contributed by atoms with Gasteiger partial charge in [0.15, 0.2) is 11.0 Å². The van der Waals surface area contributed by atoms with Crippen molar-refractivity contribution in [3.8, 4) is 10.4 Å². The van der Waals surface area contributed by atoms with Gasteiger partial charge in [0.2, 0.25) is 0 Å². The van der Waals surface area contributed by atoms with Gasteiger partial charge in [-0.25, -0.2) is 23.9 Å². The molecule has 12 nitrogen and oxygen atoms in total. The van der Waals surface area contributed by atoms with Crippen LogP contribution in [0.15, 0.2) is 54.6 Å². The average Bonchev–Trinajstić information content (AvgIpc) is 3.36. The molecule has 2 heterocycles. The van der Waals surface area contributed by atoms with E-state index in [0.29, 0.717) is 21.7 Å². The van der Waals surface area contributed by atoms with Crippen molar-refractivity contribution in [1.82, 2.24) is 20.6 Å². The lowest BCUT2D eigenvalue weighted by Crippen LogP contribution is -2.33. The highest BCUT2D eigenvalue weighted by molar-refractivity contribution is 7.20. The molecule has 0 radical (unpaired) electrons. The molecular formula is C30H30ClF2N7O5S. The van der Waals surface area contributed by atoms with Gasteiger partial charge in [0.1, 0.15) is 16.6 Å². The van der Waals surface area contributed by atoms with Crippen LogP contribution in [0, 0.1) is 11.6 Å². The third-order valence-corrected chi connectivity index (χ3v) is 7.78. The van der Waals surface area contributed by atoms with Crippen molar-refractivity contribution in [2.24, 2.45) is 0 Å². The van der Waals surface area contributed by atoms with Crippen molar-refractivity contribution >= 4 is 57.5 Å². The third kappa shape index (κ3) is 8.31. The molecule has 2 aromatic carbocycles. The van der Waals surface area contributed by atoms with Crippen LogP contribution in [0.3, 0.4) is 0 Å². The van der Waals surface area contributed by atoms with Crippen molar-refractivity contribution in [3.63, 3.8) is 0 Å². The van der Waals surface area contributed by atoms with E-state index in [2.05, 4.69) is 31.1 Å². The minimum Gasteiger partial charge on any atom is -0.449 e. The number of halogens is 3. The molecule has 0 aliphatic rings. The Morgan fingerprint density at radius 2 is 1.63 bits per heavy atom. The number of nitrogens with zero attached hydrogens (tertiary/aromatic N) is 4. The van der Waals surface area contributed by atoms with Crippen LogP contribution in [0.2, 0.25) is 5.15 Å². The first kappa shape index (κ1) is 34.2. The fourth-order valence-electron chi connectivity index (χ4n) is 4.35. The summed E-state index contributed by atoms with van der Waals surface area (Å²) in [5.41, 5.74) is 3.41. The number of hydrogen-bond donors (Lipinski definition) is 3. The number of nitrogens with one attached hydrogen (secondary N) is 3. The van der Waals surface area contributed by atoms with E-state index in [4.69, 9.17) is 16.3 Å². The van der Waals surface area contributed by atoms with Gasteiger partial charge < -0.3 is 20.3 Å². The molecule has 0 unspecified atom stereocenters. The molecule has 0 fully saturated rings. The summed E-state index contributed by atoms with van der Waals surface area (Å²) in [6.45, 7) is 1.20. The summed E-state index contributed by atoms with van der Waals surface area (Å²) in [7, 11) is 4.90. The number of ether oxygens (including phenoxy) is 1. The SMILES string of the molecule is CCOC(=O)N(Cc1c(F)cccc1F)c1sc(-c2ccc(NC(=O)NOC)cc2)c(CN(C)C)c1C(=O)Nc1ccc(Cl)nn1. The van der Waals surface area contributed by atoms with Gasteiger partial charge >= 0.3 is 12.1 Å². The zero-order valence-corrected chi connectivity index (χ0v) is 26.8. The molecule has 2 aromatic heterocycles. The molecule has 0 aliphatic carbocycles. The summed E-state index contributed by atoms with van der Waals surface area (Å²) in [5, 5.41) is 13.1. The molecule has 4 aromatic rings. The minimum absolute atomic E-state index is 0.0368. The smallest absolute Gasteiger partial charge is 0.415 e. The van der Waals surface area contributed by atoms with Gasteiger partial charge in [-0.05, 0) is 68.5 Å². The molecule has 0 saturated heterocycles. The fraction of sp³-hybridized carbons (Fsp3) is 0.233.